The molecule has 1 aliphatic rings. The summed E-state index contributed by atoms with van der Waals surface area (Å²) in [6.07, 6.45) is 0.116. The highest BCUT2D eigenvalue weighted by Gasteiger charge is 2.31. The Hall–Kier alpha value is -4.00. The highest BCUT2D eigenvalue weighted by atomic mass is 16.3. The number of aliphatic hydroxyl groups excluding tert-OH is 1. The first-order chi connectivity index (χ1) is 19.3. The number of hydrogen-bond acceptors (Lipinski definition) is 7. The fraction of sp³-hybridized carbons (Fsp3) is 0.571. The molecule has 1 fully saturated rings. The second kappa shape index (κ2) is 15.7. The van der Waals surface area contributed by atoms with Gasteiger partial charge in [0.25, 0.3) is 0 Å². The lowest BCUT2D eigenvalue weighted by Gasteiger charge is -2.28. The number of benzene rings is 1. The largest absolute Gasteiger partial charge is 0.394 e. The predicted molar refractivity (Wildman–Crippen MR) is 150 cm³/mol. The Morgan fingerprint density at radius 1 is 0.878 bits per heavy atom. The van der Waals surface area contributed by atoms with Gasteiger partial charge in [-0.1, -0.05) is 58.0 Å². The Labute approximate surface area is 240 Å². The first kappa shape index (κ1) is 33.2. The van der Waals surface area contributed by atoms with E-state index >= 15 is 0 Å². The normalized spacial score (nSPS) is 24.0. The molecular weight excluding hydrogens is 532 g/mol. The molecular formula is C28H42N6O7. The second-order valence-electron chi connectivity index (χ2n) is 10.7. The smallest absolute Gasteiger partial charge is 0.245 e. The third-order valence-electron chi connectivity index (χ3n) is 6.57. The van der Waals surface area contributed by atoms with Crippen molar-refractivity contribution in [3.63, 3.8) is 0 Å². The van der Waals surface area contributed by atoms with E-state index in [1.165, 1.54) is 11.8 Å². The molecule has 226 valence electrons. The minimum Gasteiger partial charge on any atom is -0.394 e. The zero-order valence-corrected chi connectivity index (χ0v) is 24.2. The number of carbonyl (C=O) groups excluding carboxylic acids is 6. The molecule has 0 radical (unpaired) electrons. The van der Waals surface area contributed by atoms with Crippen molar-refractivity contribution in [3.8, 4) is 0 Å². The molecule has 0 bridgehead atoms. The first-order valence-electron chi connectivity index (χ1n) is 13.8. The van der Waals surface area contributed by atoms with Crippen LogP contribution in [0.25, 0.3) is 0 Å². The molecule has 0 aromatic heterocycles. The van der Waals surface area contributed by atoms with Gasteiger partial charge in [-0.25, -0.2) is 0 Å². The van der Waals surface area contributed by atoms with E-state index < -0.39 is 66.2 Å². The maximum atomic E-state index is 13.2. The highest BCUT2D eigenvalue weighted by molar-refractivity contribution is 5.96. The Kier molecular flexibility index (Phi) is 12.7. The standard InChI is InChI=1S/C28H42N6O7/c1-16(2)23-27(40)30-18(5)24(37)32-21(15-35)26(39)31-20(13-19-9-7-6-8-10-19)25(38)29-11-12-34(14-22(36)33-23)28(41)17(3)4/h6-10,16-18,20-21,23,35H,11-15H2,1-5H3,(H,29,38)(H,30,40)(H,31,39)(H,32,37)(H,33,36)/t18-,20+,21-,23+/m0/s1. The van der Waals surface area contributed by atoms with E-state index in [2.05, 4.69) is 26.6 Å². The summed E-state index contributed by atoms with van der Waals surface area (Å²) in [4.78, 5) is 79.1. The molecule has 41 heavy (non-hydrogen) atoms. The zero-order chi connectivity index (χ0) is 30.7. The molecule has 1 aliphatic heterocycles. The second-order valence-corrected chi connectivity index (χ2v) is 10.7. The van der Waals surface area contributed by atoms with Gasteiger partial charge in [0.05, 0.1) is 13.2 Å². The van der Waals surface area contributed by atoms with E-state index in [0.29, 0.717) is 0 Å². The van der Waals surface area contributed by atoms with Crippen molar-refractivity contribution < 1.29 is 33.9 Å². The van der Waals surface area contributed by atoms with Gasteiger partial charge in [-0.05, 0) is 18.4 Å². The fourth-order valence-corrected chi connectivity index (χ4v) is 4.19. The average molecular weight is 575 g/mol. The van der Waals surface area contributed by atoms with E-state index in [1.807, 2.05) is 6.07 Å². The van der Waals surface area contributed by atoms with Crippen LogP contribution >= 0.6 is 0 Å². The lowest BCUT2D eigenvalue weighted by atomic mass is 10.0. The number of nitrogens with zero attached hydrogens (tertiary/aromatic N) is 1. The zero-order valence-electron chi connectivity index (χ0n) is 24.2. The fourth-order valence-electron chi connectivity index (χ4n) is 4.19. The van der Waals surface area contributed by atoms with Crippen molar-refractivity contribution in [2.75, 3.05) is 26.2 Å². The van der Waals surface area contributed by atoms with Crippen LogP contribution in [0.3, 0.4) is 0 Å². The summed E-state index contributed by atoms with van der Waals surface area (Å²) in [6.45, 7) is 7.08. The van der Waals surface area contributed by atoms with Gasteiger partial charge >= 0.3 is 0 Å². The van der Waals surface area contributed by atoms with Crippen molar-refractivity contribution in [1.82, 2.24) is 31.5 Å². The molecule has 1 heterocycles. The lowest BCUT2D eigenvalue weighted by Crippen LogP contribution is -2.60. The molecule has 6 amide bonds. The average Bonchev–Trinajstić information content (AvgIpc) is 2.92. The molecule has 1 aromatic rings. The molecule has 1 aromatic carbocycles. The maximum absolute atomic E-state index is 13.2. The van der Waals surface area contributed by atoms with Crippen LogP contribution in [0.5, 0.6) is 0 Å². The maximum Gasteiger partial charge on any atom is 0.245 e. The van der Waals surface area contributed by atoms with Crippen LogP contribution in [0.2, 0.25) is 0 Å². The number of nitrogens with one attached hydrogen (secondary N) is 5. The van der Waals surface area contributed by atoms with Crippen molar-refractivity contribution in [2.24, 2.45) is 11.8 Å². The monoisotopic (exact) mass is 574 g/mol. The van der Waals surface area contributed by atoms with E-state index in [0.717, 1.165) is 5.56 Å². The lowest BCUT2D eigenvalue weighted by molar-refractivity contribution is -0.140. The minimum absolute atomic E-state index is 0.00702. The number of hydrogen-bond donors (Lipinski definition) is 6. The van der Waals surface area contributed by atoms with Gasteiger partial charge in [0.2, 0.25) is 35.4 Å². The van der Waals surface area contributed by atoms with Crippen LogP contribution in [0, 0.1) is 11.8 Å². The molecule has 13 heteroatoms. The molecule has 0 unspecified atom stereocenters. The number of amides is 6. The van der Waals surface area contributed by atoms with Gasteiger partial charge < -0.3 is 36.6 Å². The van der Waals surface area contributed by atoms with Crippen LogP contribution in [-0.2, 0) is 35.2 Å². The highest BCUT2D eigenvalue weighted by Crippen LogP contribution is 2.07. The molecule has 1 saturated heterocycles. The summed E-state index contributed by atoms with van der Waals surface area (Å²) < 4.78 is 0. The van der Waals surface area contributed by atoms with E-state index in [-0.39, 0.29) is 37.9 Å². The van der Waals surface area contributed by atoms with Crippen molar-refractivity contribution in [1.29, 1.82) is 0 Å². The predicted octanol–water partition coefficient (Wildman–Crippen LogP) is -1.55. The number of rotatable bonds is 5. The third-order valence-corrected chi connectivity index (χ3v) is 6.57. The molecule has 0 saturated carbocycles. The van der Waals surface area contributed by atoms with Gasteiger partial charge in [-0.2, -0.15) is 0 Å². The molecule has 13 nitrogen and oxygen atoms in total. The van der Waals surface area contributed by atoms with E-state index in [4.69, 9.17) is 0 Å². The Balaban J connectivity index is 2.39. The van der Waals surface area contributed by atoms with Crippen molar-refractivity contribution in [2.45, 2.75) is 65.2 Å². The van der Waals surface area contributed by atoms with Crippen LogP contribution in [0.15, 0.2) is 30.3 Å². The van der Waals surface area contributed by atoms with Crippen LogP contribution < -0.4 is 26.6 Å². The third kappa shape index (κ3) is 10.2. The molecule has 6 N–H and O–H groups in total. The summed E-state index contributed by atoms with van der Waals surface area (Å²) >= 11 is 0. The van der Waals surface area contributed by atoms with Crippen molar-refractivity contribution in [3.05, 3.63) is 35.9 Å². The minimum atomic E-state index is -1.40. The van der Waals surface area contributed by atoms with Gasteiger partial charge in [-0.3, -0.25) is 28.8 Å². The summed E-state index contributed by atoms with van der Waals surface area (Å²) in [6, 6.07) is 4.34. The van der Waals surface area contributed by atoms with Crippen LogP contribution in [0.1, 0.15) is 40.2 Å². The van der Waals surface area contributed by atoms with Gasteiger partial charge in [0, 0.05) is 25.4 Å². The topological polar surface area (TPSA) is 186 Å². The SMILES string of the molecule is CC(C)C(=O)N1CCNC(=O)[C@@H](Cc2ccccc2)NC(=O)[C@H](CO)NC(=O)[C@H](C)NC(=O)[C@@H](C(C)C)NC(=O)C1. The summed E-state index contributed by atoms with van der Waals surface area (Å²) in [5.74, 6) is -4.40. The number of aliphatic hydroxyl groups is 1. The van der Waals surface area contributed by atoms with Crippen molar-refractivity contribution >= 4 is 35.4 Å². The number of carbonyl (C=O) groups is 6. The van der Waals surface area contributed by atoms with Gasteiger partial charge in [0.1, 0.15) is 24.2 Å². The Morgan fingerprint density at radius 3 is 2.10 bits per heavy atom. The molecule has 2 rings (SSSR count). The summed E-state index contributed by atoms with van der Waals surface area (Å²) in [7, 11) is 0. The Bertz CT molecular complexity index is 1090. The Morgan fingerprint density at radius 2 is 1.51 bits per heavy atom. The summed E-state index contributed by atoms with van der Waals surface area (Å²) in [5.41, 5.74) is 0.754. The quantitative estimate of drug-likeness (QED) is 0.246. The molecule has 0 aliphatic carbocycles. The van der Waals surface area contributed by atoms with Gasteiger partial charge in [-0.15, -0.1) is 0 Å². The first-order valence-corrected chi connectivity index (χ1v) is 13.8. The summed E-state index contributed by atoms with van der Waals surface area (Å²) in [5, 5.41) is 22.7. The van der Waals surface area contributed by atoms with E-state index in [9.17, 15) is 33.9 Å². The van der Waals surface area contributed by atoms with Gasteiger partial charge in [0.15, 0.2) is 0 Å². The molecule has 0 spiro atoms. The van der Waals surface area contributed by atoms with E-state index in [1.54, 1.807) is 52.0 Å². The molecule has 4 atom stereocenters. The van der Waals surface area contributed by atoms with Crippen LogP contribution in [0.4, 0.5) is 0 Å². The van der Waals surface area contributed by atoms with Crippen LogP contribution in [-0.4, -0.2) is 95.9 Å².